The fourth-order valence-electron chi connectivity index (χ4n) is 2.28. The number of ether oxygens (including phenoxy) is 1. The van der Waals surface area contributed by atoms with Crippen LogP contribution >= 0.6 is 0 Å². The second-order valence-corrected chi connectivity index (χ2v) is 5.50. The Balaban J connectivity index is 1.71. The van der Waals surface area contributed by atoms with Crippen LogP contribution in [0.15, 0.2) is 60.7 Å². The number of aliphatic hydroxyl groups excluding tert-OH is 2. The molecule has 0 saturated carbocycles. The number of carbonyl (C=O) groups excluding carboxylic acids is 1. The van der Waals surface area contributed by atoms with E-state index in [0.29, 0.717) is 12.8 Å². The lowest BCUT2D eigenvalue weighted by Crippen LogP contribution is -2.18. The van der Waals surface area contributed by atoms with Crippen LogP contribution in [0.1, 0.15) is 24.8 Å². The van der Waals surface area contributed by atoms with E-state index in [9.17, 15) is 15.0 Å². The Morgan fingerprint density at radius 1 is 1.26 bits per heavy atom. The maximum absolute atomic E-state index is 11.1. The third-order valence-corrected chi connectivity index (χ3v) is 3.47. The molecule has 0 spiro atoms. The third kappa shape index (κ3) is 6.63. The molecule has 2 N–H and O–H groups in total. The van der Waals surface area contributed by atoms with Gasteiger partial charge in [0.2, 0.25) is 0 Å². The third-order valence-electron chi connectivity index (χ3n) is 3.47. The molecule has 0 unspecified atom stereocenters. The Kier molecular flexibility index (Phi) is 6.78. The van der Waals surface area contributed by atoms with E-state index in [-0.39, 0.29) is 18.5 Å². The summed E-state index contributed by atoms with van der Waals surface area (Å²) in [5.41, 5.74) is 1.01. The monoisotopic (exact) mass is 314 g/mol. The lowest BCUT2D eigenvalue weighted by Gasteiger charge is -2.15. The summed E-state index contributed by atoms with van der Waals surface area (Å²) in [6.45, 7) is 0. The van der Waals surface area contributed by atoms with Crippen LogP contribution in [0.25, 0.3) is 6.08 Å². The molecule has 1 aliphatic rings. The summed E-state index contributed by atoms with van der Waals surface area (Å²) in [4.78, 5) is 11.1. The van der Waals surface area contributed by atoms with Crippen molar-refractivity contribution in [3.05, 3.63) is 66.3 Å². The second kappa shape index (κ2) is 9.08. The topological polar surface area (TPSA) is 66.8 Å². The predicted octanol–water partition coefficient (Wildman–Crippen LogP) is 2.63. The molecule has 0 aromatic heterocycles. The molecule has 4 heteroatoms. The van der Waals surface area contributed by atoms with Crippen LogP contribution in [0, 0.1) is 0 Å². The van der Waals surface area contributed by atoms with Gasteiger partial charge in [0.05, 0.1) is 12.2 Å². The fourth-order valence-corrected chi connectivity index (χ4v) is 2.28. The number of carbonyl (C=O) groups is 1. The van der Waals surface area contributed by atoms with Crippen molar-refractivity contribution in [1.82, 2.24) is 0 Å². The van der Waals surface area contributed by atoms with Gasteiger partial charge in [-0.05, 0) is 18.1 Å². The minimum absolute atomic E-state index is 0.261. The van der Waals surface area contributed by atoms with Gasteiger partial charge in [-0.2, -0.15) is 0 Å². The molecule has 0 aliphatic carbocycles. The lowest BCUT2D eigenvalue weighted by molar-refractivity contribution is -0.141. The van der Waals surface area contributed by atoms with Gasteiger partial charge in [0.15, 0.2) is 0 Å². The predicted molar refractivity (Wildman–Crippen MR) is 89.5 cm³/mol. The summed E-state index contributed by atoms with van der Waals surface area (Å²) in [6.07, 6.45) is 9.98. The molecule has 1 aromatic rings. The molecule has 0 saturated heterocycles. The molecule has 0 amide bonds. The van der Waals surface area contributed by atoms with Gasteiger partial charge in [-0.25, -0.2) is 4.79 Å². The molecule has 1 aromatic carbocycles. The zero-order valence-corrected chi connectivity index (χ0v) is 12.9. The molecule has 1 heterocycles. The first-order valence-corrected chi connectivity index (χ1v) is 7.76. The van der Waals surface area contributed by atoms with Crippen molar-refractivity contribution < 1.29 is 19.7 Å². The van der Waals surface area contributed by atoms with Gasteiger partial charge < -0.3 is 14.9 Å². The average molecular weight is 314 g/mol. The van der Waals surface area contributed by atoms with E-state index in [4.69, 9.17) is 4.74 Å². The van der Waals surface area contributed by atoms with Crippen molar-refractivity contribution in [3.63, 3.8) is 0 Å². The van der Waals surface area contributed by atoms with Crippen LogP contribution in [0.3, 0.4) is 0 Å². The van der Waals surface area contributed by atoms with Crippen molar-refractivity contribution in [2.75, 3.05) is 0 Å². The van der Waals surface area contributed by atoms with Gasteiger partial charge in [-0.1, -0.05) is 54.6 Å². The summed E-state index contributed by atoms with van der Waals surface area (Å²) >= 11 is 0. The Bertz CT molecular complexity index is 574. The van der Waals surface area contributed by atoms with E-state index < -0.39 is 12.2 Å². The van der Waals surface area contributed by atoms with Crippen LogP contribution in [-0.4, -0.2) is 34.5 Å². The Labute approximate surface area is 136 Å². The highest BCUT2D eigenvalue weighted by atomic mass is 16.5. The molecule has 23 heavy (non-hydrogen) atoms. The van der Waals surface area contributed by atoms with Crippen LogP contribution < -0.4 is 0 Å². The number of hydrogen-bond acceptors (Lipinski definition) is 4. The summed E-state index contributed by atoms with van der Waals surface area (Å²) in [5.74, 6) is -0.340. The summed E-state index contributed by atoms with van der Waals surface area (Å²) in [5, 5.41) is 19.8. The minimum Gasteiger partial charge on any atom is -0.455 e. The Hall–Kier alpha value is -2.17. The second-order valence-electron chi connectivity index (χ2n) is 5.50. The van der Waals surface area contributed by atoms with Gasteiger partial charge in [0.1, 0.15) is 6.10 Å². The Morgan fingerprint density at radius 3 is 2.78 bits per heavy atom. The number of cyclic esters (lactones) is 1. The fraction of sp³-hybridized carbons (Fsp3) is 0.316. The first kappa shape index (κ1) is 17.2. The smallest absolute Gasteiger partial charge is 0.331 e. The highest BCUT2D eigenvalue weighted by Gasteiger charge is 2.13. The molecule has 0 bridgehead atoms. The van der Waals surface area contributed by atoms with E-state index in [1.165, 1.54) is 6.08 Å². The van der Waals surface area contributed by atoms with Crippen molar-refractivity contribution in [3.8, 4) is 0 Å². The van der Waals surface area contributed by atoms with E-state index in [0.717, 1.165) is 5.56 Å². The summed E-state index contributed by atoms with van der Waals surface area (Å²) < 4.78 is 5.08. The summed E-state index contributed by atoms with van der Waals surface area (Å²) in [7, 11) is 0. The van der Waals surface area contributed by atoms with Crippen molar-refractivity contribution in [2.45, 2.75) is 37.6 Å². The zero-order valence-electron chi connectivity index (χ0n) is 12.9. The standard InChI is InChI=1S/C19H22O4/c20-16(8-4-9-18-10-5-11-19(22)23-18)14-17(21)13-12-15-6-2-1-3-7-15/h1-7,9,11-13,16-18,20-21H,8,10,14H2/b9-4+,13-12+/t16-,17-,18+/m0/s1. The van der Waals surface area contributed by atoms with Crippen molar-refractivity contribution >= 4 is 12.0 Å². The van der Waals surface area contributed by atoms with Crippen LogP contribution in [0.4, 0.5) is 0 Å². The minimum atomic E-state index is -0.700. The van der Waals surface area contributed by atoms with Gasteiger partial charge in [0.25, 0.3) is 0 Å². The van der Waals surface area contributed by atoms with E-state index in [1.807, 2.05) is 36.4 Å². The van der Waals surface area contributed by atoms with Crippen LogP contribution in [0.2, 0.25) is 0 Å². The molecule has 122 valence electrons. The first-order valence-electron chi connectivity index (χ1n) is 7.76. The zero-order chi connectivity index (χ0) is 16.5. The normalized spacial score (nSPS) is 20.8. The largest absolute Gasteiger partial charge is 0.455 e. The average Bonchev–Trinajstić information content (AvgIpc) is 2.54. The number of benzene rings is 1. The van der Waals surface area contributed by atoms with E-state index >= 15 is 0 Å². The number of aliphatic hydroxyl groups is 2. The molecule has 0 fully saturated rings. The SMILES string of the molecule is O=C1C=CC[C@@H](/C=C/C[C@H](O)C[C@@H](O)/C=C/c2ccccc2)O1. The molecule has 3 atom stereocenters. The lowest BCUT2D eigenvalue weighted by atomic mass is 10.1. The van der Waals surface area contributed by atoms with Crippen LogP contribution in [-0.2, 0) is 9.53 Å². The summed E-state index contributed by atoms with van der Waals surface area (Å²) in [6, 6.07) is 9.69. The Morgan fingerprint density at radius 2 is 2.04 bits per heavy atom. The number of esters is 1. The maximum Gasteiger partial charge on any atom is 0.331 e. The molecular formula is C19H22O4. The highest BCUT2D eigenvalue weighted by Crippen LogP contribution is 2.11. The first-order chi connectivity index (χ1) is 11.1. The maximum atomic E-state index is 11.1. The van der Waals surface area contributed by atoms with Gasteiger partial charge in [-0.3, -0.25) is 0 Å². The van der Waals surface area contributed by atoms with E-state index in [1.54, 1.807) is 24.3 Å². The number of hydrogen-bond donors (Lipinski definition) is 2. The van der Waals surface area contributed by atoms with Crippen LogP contribution in [0.5, 0.6) is 0 Å². The molecule has 2 rings (SSSR count). The molecule has 1 aliphatic heterocycles. The highest BCUT2D eigenvalue weighted by molar-refractivity contribution is 5.82. The molecule has 4 nitrogen and oxygen atoms in total. The van der Waals surface area contributed by atoms with Gasteiger partial charge in [-0.15, -0.1) is 0 Å². The quantitative estimate of drug-likeness (QED) is 0.600. The molecular weight excluding hydrogens is 292 g/mol. The van der Waals surface area contributed by atoms with Crippen molar-refractivity contribution in [2.24, 2.45) is 0 Å². The van der Waals surface area contributed by atoms with Crippen molar-refractivity contribution in [1.29, 1.82) is 0 Å². The van der Waals surface area contributed by atoms with E-state index in [2.05, 4.69) is 0 Å². The van der Waals surface area contributed by atoms with Gasteiger partial charge >= 0.3 is 5.97 Å². The van der Waals surface area contributed by atoms with Gasteiger partial charge in [0, 0.05) is 18.9 Å². The molecule has 0 radical (unpaired) electrons. The number of rotatable bonds is 7.